The minimum Gasteiger partial charge on any atom is -0.326 e. The topological polar surface area (TPSA) is 77.3 Å². The first-order valence-electron chi connectivity index (χ1n) is 7.43. The number of hydrogen-bond donors (Lipinski definition) is 2. The number of hydrogen-bond acceptors (Lipinski definition) is 4. The number of rotatable bonds is 5. The fourth-order valence-electron chi connectivity index (χ4n) is 2.07. The van der Waals surface area contributed by atoms with Gasteiger partial charge in [0.15, 0.2) is 11.4 Å². The zero-order chi connectivity index (χ0) is 17.2. The van der Waals surface area contributed by atoms with Crippen LogP contribution in [0.2, 0.25) is 0 Å². The summed E-state index contributed by atoms with van der Waals surface area (Å²) in [4.78, 5) is 16.4. The van der Waals surface area contributed by atoms with Crippen LogP contribution in [-0.2, 0) is 11.2 Å². The van der Waals surface area contributed by atoms with Gasteiger partial charge >= 0.3 is 0 Å². The number of nitriles is 1. The molecule has 0 atom stereocenters. The molecule has 6 heteroatoms. The van der Waals surface area contributed by atoms with Crippen LogP contribution in [-0.4, -0.2) is 17.3 Å². The first kappa shape index (κ1) is 17.6. The number of amidine groups is 1. The minimum atomic E-state index is -0.0415. The van der Waals surface area contributed by atoms with Crippen molar-refractivity contribution < 1.29 is 4.79 Å². The average molecular weight is 338 g/mol. The molecule has 0 spiro atoms. The Hall–Kier alpha value is -2.78. The largest absolute Gasteiger partial charge is 0.326 e. The molecule has 0 unspecified atom stereocenters. The van der Waals surface area contributed by atoms with Crippen molar-refractivity contribution in [3.8, 4) is 6.19 Å². The van der Waals surface area contributed by atoms with Gasteiger partial charge in [-0.1, -0.05) is 48.2 Å². The monoisotopic (exact) mass is 338 g/mol. The summed E-state index contributed by atoms with van der Waals surface area (Å²) in [7, 11) is 0. The summed E-state index contributed by atoms with van der Waals surface area (Å²) in [6.07, 6.45) is 4.80. The predicted octanol–water partition coefficient (Wildman–Crippen LogP) is 3.68. The number of nitrogens with one attached hydrogen (secondary N) is 2. The SMILES string of the molecule is CSC(=Nc1cccc(NC(=O)CCc2ccccc2)c1)NC#N. The maximum Gasteiger partial charge on any atom is 0.224 e. The summed E-state index contributed by atoms with van der Waals surface area (Å²) in [5.74, 6) is -0.0415. The number of anilines is 1. The number of aliphatic imine (C=N–C) groups is 1. The van der Waals surface area contributed by atoms with E-state index in [-0.39, 0.29) is 5.91 Å². The molecular weight excluding hydrogens is 320 g/mol. The molecule has 0 aliphatic carbocycles. The lowest BCUT2D eigenvalue weighted by Gasteiger charge is -2.07. The molecule has 0 aliphatic rings. The summed E-state index contributed by atoms with van der Waals surface area (Å²) in [5.41, 5.74) is 2.49. The molecule has 0 aromatic heterocycles. The number of thioether (sulfide) groups is 1. The van der Waals surface area contributed by atoms with Gasteiger partial charge in [-0.3, -0.25) is 10.1 Å². The molecule has 2 aromatic rings. The van der Waals surface area contributed by atoms with E-state index in [9.17, 15) is 4.79 Å². The molecule has 0 saturated heterocycles. The Kier molecular flexibility index (Phi) is 6.87. The van der Waals surface area contributed by atoms with Gasteiger partial charge in [0, 0.05) is 12.1 Å². The molecule has 24 heavy (non-hydrogen) atoms. The van der Waals surface area contributed by atoms with Crippen molar-refractivity contribution in [3.05, 3.63) is 60.2 Å². The molecule has 0 aliphatic heterocycles. The maximum atomic E-state index is 12.1. The van der Waals surface area contributed by atoms with Crippen molar-refractivity contribution >= 4 is 34.2 Å². The third-order valence-corrected chi connectivity index (χ3v) is 3.78. The molecule has 0 heterocycles. The van der Waals surface area contributed by atoms with Crippen molar-refractivity contribution in [2.45, 2.75) is 12.8 Å². The molecule has 0 saturated carbocycles. The summed E-state index contributed by atoms with van der Waals surface area (Å²) in [5, 5.41) is 14.6. The van der Waals surface area contributed by atoms with Gasteiger partial charge in [-0.05, 0) is 36.4 Å². The Labute approximate surface area is 145 Å². The Bertz CT molecular complexity index is 753. The van der Waals surface area contributed by atoms with Crippen molar-refractivity contribution in [1.29, 1.82) is 5.26 Å². The first-order valence-corrected chi connectivity index (χ1v) is 8.65. The number of amides is 1. The van der Waals surface area contributed by atoms with Gasteiger partial charge < -0.3 is 5.32 Å². The lowest BCUT2D eigenvalue weighted by molar-refractivity contribution is -0.116. The summed E-state index contributed by atoms with van der Waals surface area (Å²) in [6, 6.07) is 17.1. The predicted molar refractivity (Wildman–Crippen MR) is 99.2 cm³/mol. The van der Waals surface area contributed by atoms with Crippen molar-refractivity contribution in [3.63, 3.8) is 0 Å². The Morgan fingerprint density at radius 2 is 2.00 bits per heavy atom. The zero-order valence-electron chi connectivity index (χ0n) is 13.3. The highest BCUT2D eigenvalue weighted by atomic mass is 32.2. The van der Waals surface area contributed by atoms with Gasteiger partial charge in [-0.2, -0.15) is 5.26 Å². The van der Waals surface area contributed by atoms with Gasteiger partial charge in [0.25, 0.3) is 0 Å². The quantitative estimate of drug-likeness (QED) is 0.377. The number of nitrogens with zero attached hydrogens (tertiary/aromatic N) is 2. The van der Waals surface area contributed by atoms with E-state index in [0.717, 1.165) is 5.56 Å². The smallest absolute Gasteiger partial charge is 0.224 e. The number of benzene rings is 2. The molecule has 0 radical (unpaired) electrons. The van der Waals surface area contributed by atoms with Crippen LogP contribution in [0, 0.1) is 11.5 Å². The number of carbonyl (C=O) groups is 1. The highest BCUT2D eigenvalue weighted by Crippen LogP contribution is 2.19. The van der Waals surface area contributed by atoms with Gasteiger partial charge in [0.1, 0.15) is 0 Å². The lowest BCUT2D eigenvalue weighted by Crippen LogP contribution is -2.13. The molecule has 5 nitrogen and oxygen atoms in total. The Morgan fingerprint density at radius 3 is 2.71 bits per heavy atom. The Balaban J connectivity index is 1.96. The molecule has 2 rings (SSSR count). The second-order valence-electron chi connectivity index (χ2n) is 4.94. The third-order valence-electron chi connectivity index (χ3n) is 3.20. The number of carbonyl (C=O) groups excluding carboxylic acids is 1. The molecule has 0 fully saturated rings. The summed E-state index contributed by atoms with van der Waals surface area (Å²) < 4.78 is 0. The summed E-state index contributed by atoms with van der Waals surface area (Å²) in [6.45, 7) is 0. The number of aryl methyl sites for hydroxylation is 1. The van der Waals surface area contributed by atoms with Gasteiger partial charge in [0.2, 0.25) is 5.91 Å². The van der Waals surface area contributed by atoms with Gasteiger partial charge in [-0.15, -0.1) is 0 Å². The van der Waals surface area contributed by atoms with Crippen molar-refractivity contribution in [2.24, 2.45) is 4.99 Å². The van der Waals surface area contributed by atoms with E-state index >= 15 is 0 Å². The lowest BCUT2D eigenvalue weighted by atomic mass is 10.1. The average Bonchev–Trinajstić information content (AvgIpc) is 2.61. The van der Waals surface area contributed by atoms with Crippen molar-refractivity contribution in [2.75, 3.05) is 11.6 Å². The van der Waals surface area contributed by atoms with Gasteiger partial charge in [-0.25, -0.2) is 4.99 Å². The molecular formula is C18H18N4OS. The minimum absolute atomic E-state index is 0.0415. The molecule has 2 N–H and O–H groups in total. The molecule has 2 aromatic carbocycles. The standard InChI is InChI=1S/C18H18N4OS/c1-24-18(20-13-19)22-16-9-5-8-15(12-16)21-17(23)11-10-14-6-3-2-4-7-14/h2-9,12H,10-11H2,1H3,(H,20,22)(H,21,23). The van der Waals surface area contributed by atoms with E-state index in [0.29, 0.717) is 29.4 Å². The highest BCUT2D eigenvalue weighted by Gasteiger charge is 2.04. The van der Waals surface area contributed by atoms with E-state index in [1.807, 2.05) is 61.0 Å². The fourth-order valence-corrected chi connectivity index (χ4v) is 2.41. The van der Waals surface area contributed by atoms with Crippen LogP contribution in [0.3, 0.4) is 0 Å². The van der Waals surface area contributed by atoms with Crippen LogP contribution in [0.5, 0.6) is 0 Å². The van der Waals surface area contributed by atoms with Crippen LogP contribution < -0.4 is 10.6 Å². The van der Waals surface area contributed by atoms with Crippen LogP contribution >= 0.6 is 11.8 Å². The van der Waals surface area contributed by atoms with Crippen LogP contribution in [0.1, 0.15) is 12.0 Å². The van der Waals surface area contributed by atoms with Crippen LogP contribution in [0.4, 0.5) is 11.4 Å². The van der Waals surface area contributed by atoms with Crippen LogP contribution in [0.25, 0.3) is 0 Å². The second kappa shape index (κ2) is 9.38. The van der Waals surface area contributed by atoms with E-state index < -0.39 is 0 Å². The summed E-state index contributed by atoms with van der Waals surface area (Å²) >= 11 is 1.34. The molecule has 122 valence electrons. The zero-order valence-corrected chi connectivity index (χ0v) is 14.1. The third kappa shape index (κ3) is 5.78. The first-order chi connectivity index (χ1) is 11.7. The van der Waals surface area contributed by atoms with Gasteiger partial charge in [0.05, 0.1) is 5.69 Å². The Morgan fingerprint density at radius 1 is 1.21 bits per heavy atom. The van der Waals surface area contributed by atoms with E-state index in [4.69, 9.17) is 5.26 Å². The highest BCUT2D eigenvalue weighted by molar-refractivity contribution is 8.13. The molecule has 0 bridgehead atoms. The van der Waals surface area contributed by atoms with E-state index in [2.05, 4.69) is 15.6 Å². The molecule has 1 amide bonds. The van der Waals surface area contributed by atoms with E-state index in [1.165, 1.54) is 11.8 Å². The van der Waals surface area contributed by atoms with E-state index in [1.54, 1.807) is 6.07 Å². The maximum absolute atomic E-state index is 12.1. The van der Waals surface area contributed by atoms with Crippen molar-refractivity contribution in [1.82, 2.24) is 5.32 Å². The fraction of sp³-hybridized carbons (Fsp3) is 0.167. The normalized spacial score (nSPS) is 10.8. The van der Waals surface area contributed by atoms with Crippen LogP contribution in [0.15, 0.2) is 59.6 Å². The second-order valence-corrected chi connectivity index (χ2v) is 5.74.